The summed E-state index contributed by atoms with van der Waals surface area (Å²) >= 11 is 3.41. The largest absolute Gasteiger partial charge is 0.508 e. The van der Waals surface area contributed by atoms with E-state index in [9.17, 15) is 5.11 Å². The fourth-order valence-electron chi connectivity index (χ4n) is 2.44. The van der Waals surface area contributed by atoms with E-state index in [1.54, 1.807) is 26.4 Å². The van der Waals surface area contributed by atoms with Crippen LogP contribution in [0.25, 0.3) is 22.3 Å². The molecule has 0 radical (unpaired) electrons. The van der Waals surface area contributed by atoms with Gasteiger partial charge in [-0.3, -0.25) is 0 Å². The molecule has 0 atom stereocenters. The molecule has 0 saturated carbocycles. The Labute approximate surface area is 136 Å². The van der Waals surface area contributed by atoms with Gasteiger partial charge in [-0.15, -0.1) is 0 Å². The van der Waals surface area contributed by atoms with Crippen LogP contribution in [0.5, 0.6) is 11.5 Å². The first-order valence-electron chi connectivity index (χ1n) is 6.70. The Hall–Kier alpha value is -1.98. The van der Waals surface area contributed by atoms with Gasteiger partial charge in [-0.2, -0.15) is 0 Å². The third-order valence-electron chi connectivity index (χ3n) is 3.43. The molecule has 114 valence electrons. The van der Waals surface area contributed by atoms with Crippen molar-refractivity contribution in [3.63, 3.8) is 0 Å². The number of phenolic OH excluding ortho intramolecular Hbond substituents is 1. The predicted octanol–water partition coefficient (Wildman–Crippen LogP) is 4.72. The van der Waals surface area contributed by atoms with Crippen LogP contribution < -0.4 is 4.74 Å². The van der Waals surface area contributed by atoms with Gasteiger partial charge >= 0.3 is 0 Å². The van der Waals surface area contributed by atoms with Crippen LogP contribution in [0.2, 0.25) is 0 Å². The molecule has 5 heteroatoms. The molecule has 2 aromatic carbocycles. The van der Waals surface area contributed by atoms with Gasteiger partial charge in [0.2, 0.25) is 0 Å². The number of halogens is 1. The van der Waals surface area contributed by atoms with Crippen molar-refractivity contribution in [3.8, 4) is 22.8 Å². The summed E-state index contributed by atoms with van der Waals surface area (Å²) in [4.78, 5) is 0. The van der Waals surface area contributed by atoms with E-state index in [1.165, 1.54) is 0 Å². The summed E-state index contributed by atoms with van der Waals surface area (Å²) in [6.07, 6.45) is 0. The van der Waals surface area contributed by atoms with Crippen molar-refractivity contribution in [3.05, 3.63) is 46.4 Å². The van der Waals surface area contributed by atoms with Gasteiger partial charge in [0.1, 0.15) is 22.8 Å². The summed E-state index contributed by atoms with van der Waals surface area (Å²) < 4.78 is 17.2. The minimum atomic E-state index is 0.193. The average molecular weight is 363 g/mol. The highest BCUT2D eigenvalue weighted by Gasteiger charge is 2.14. The van der Waals surface area contributed by atoms with E-state index in [0.717, 1.165) is 32.5 Å². The number of benzene rings is 2. The van der Waals surface area contributed by atoms with Gasteiger partial charge in [0, 0.05) is 18.1 Å². The number of fused-ring (bicyclic) bond motifs is 1. The number of rotatable bonds is 4. The van der Waals surface area contributed by atoms with Crippen molar-refractivity contribution in [2.75, 3.05) is 14.2 Å². The predicted molar refractivity (Wildman–Crippen MR) is 88.3 cm³/mol. The maximum atomic E-state index is 9.69. The molecule has 0 saturated heterocycles. The van der Waals surface area contributed by atoms with Crippen LogP contribution in [-0.2, 0) is 11.3 Å². The van der Waals surface area contributed by atoms with Crippen LogP contribution in [0, 0.1) is 0 Å². The Bertz CT molecular complexity index is 823. The SMILES string of the molecule is COCc1cc(OC)ccc1-c1cc2cc(O)cc(Br)c2o1. The van der Waals surface area contributed by atoms with Crippen molar-refractivity contribution in [2.45, 2.75) is 6.61 Å². The Balaban J connectivity index is 2.16. The summed E-state index contributed by atoms with van der Waals surface area (Å²) in [5, 5.41) is 10.5. The minimum Gasteiger partial charge on any atom is -0.508 e. The maximum Gasteiger partial charge on any atom is 0.149 e. The smallest absolute Gasteiger partial charge is 0.149 e. The quantitative estimate of drug-likeness (QED) is 0.729. The van der Waals surface area contributed by atoms with Gasteiger partial charge in [0.25, 0.3) is 0 Å². The lowest BCUT2D eigenvalue weighted by molar-refractivity contribution is 0.185. The minimum absolute atomic E-state index is 0.193. The van der Waals surface area contributed by atoms with Gasteiger partial charge in [-0.25, -0.2) is 0 Å². The first-order chi connectivity index (χ1) is 10.6. The number of ether oxygens (including phenoxy) is 2. The standard InChI is InChI=1S/C17H15BrO4/c1-20-9-11-6-13(21-2)3-4-14(11)16-7-10-5-12(19)8-15(18)17(10)22-16/h3-8,19H,9H2,1-2H3. The molecule has 0 aliphatic rings. The van der Waals surface area contributed by atoms with E-state index in [1.807, 2.05) is 24.3 Å². The van der Waals surface area contributed by atoms with E-state index < -0.39 is 0 Å². The lowest BCUT2D eigenvalue weighted by Gasteiger charge is -2.09. The Kier molecular flexibility index (Phi) is 4.09. The van der Waals surface area contributed by atoms with Gasteiger partial charge in [-0.05, 0) is 57.9 Å². The van der Waals surface area contributed by atoms with Gasteiger partial charge in [0.05, 0.1) is 18.2 Å². The molecule has 0 amide bonds. The van der Waals surface area contributed by atoms with Crippen LogP contribution in [0.15, 0.2) is 45.3 Å². The molecule has 22 heavy (non-hydrogen) atoms. The van der Waals surface area contributed by atoms with Crippen molar-refractivity contribution in [1.82, 2.24) is 0 Å². The molecule has 0 fully saturated rings. The Morgan fingerprint density at radius 3 is 2.68 bits per heavy atom. The number of furan rings is 1. The van der Waals surface area contributed by atoms with E-state index in [0.29, 0.717) is 12.2 Å². The molecule has 1 aromatic heterocycles. The fraction of sp³-hybridized carbons (Fsp3) is 0.176. The molecular weight excluding hydrogens is 348 g/mol. The van der Waals surface area contributed by atoms with Crippen molar-refractivity contribution < 1.29 is 19.0 Å². The summed E-state index contributed by atoms with van der Waals surface area (Å²) in [5.41, 5.74) is 2.61. The normalized spacial score (nSPS) is 11.0. The average Bonchev–Trinajstić information content (AvgIpc) is 2.91. The van der Waals surface area contributed by atoms with E-state index in [-0.39, 0.29) is 5.75 Å². The molecule has 1 N–H and O–H groups in total. The number of methoxy groups -OCH3 is 2. The zero-order valence-corrected chi connectivity index (χ0v) is 13.8. The molecule has 1 heterocycles. The van der Waals surface area contributed by atoms with E-state index >= 15 is 0 Å². The second kappa shape index (κ2) is 6.02. The highest BCUT2D eigenvalue weighted by Crippen LogP contribution is 2.37. The van der Waals surface area contributed by atoms with Crippen LogP contribution >= 0.6 is 15.9 Å². The third kappa shape index (κ3) is 2.69. The van der Waals surface area contributed by atoms with E-state index in [4.69, 9.17) is 13.9 Å². The fourth-order valence-corrected chi connectivity index (χ4v) is 2.98. The number of hydrogen-bond donors (Lipinski definition) is 1. The Morgan fingerprint density at radius 1 is 1.14 bits per heavy atom. The van der Waals surface area contributed by atoms with E-state index in [2.05, 4.69) is 15.9 Å². The first-order valence-corrected chi connectivity index (χ1v) is 7.50. The molecule has 3 rings (SSSR count). The summed E-state index contributed by atoms with van der Waals surface area (Å²) in [6, 6.07) is 10.9. The number of hydrogen-bond acceptors (Lipinski definition) is 4. The van der Waals surface area contributed by atoms with Crippen molar-refractivity contribution >= 4 is 26.9 Å². The molecule has 4 nitrogen and oxygen atoms in total. The molecule has 0 aliphatic heterocycles. The second-order valence-corrected chi connectivity index (χ2v) is 5.77. The van der Waals surface area contributed by atoms with Crippen LogP contribution in [0.4, 0.5) is 0 Å². The summed E-state index contributed by atoms with van der Waals surface area (Å²) in [5.74, 6) is 1.68. The van der Waals surface area contributed by atoms with Crippen LogP contribution in [0.1, 0.15) is 5.56 Å². The van der Waals surface area contributed by atoms with Gasteiger partial charge in [0.15, 0.2) is 0 Å². The molecule has 0 aliphatic carbocycles. The second-order valence-electron chi connectivity index (χ2n) is 4.91. The summed E-state index contributed by atoms with van der Waals surface area (Å²) in [6.45, 7) is 0.454. The lowest BCUT2D eigenvalue weighted by atomic mass is 10.0. The number of phenols is 1. The van der Waals surface area contributed by atoms with Crippen LogP contribution in [-0.4, -0.2) is 19.3 Å². The number of aromatic hydroxyl groups is 1. The van der Waals surface area contributed by atoms with Gasteiger partial charge in [-0.1, -0.05) is 0 Å². The molecule has 3 aromatic rings. The Morgan fingerprint density at radius 2 is 1.95 bits per heavy atom. The van der Waals surface area contributed by atoms with Crippen molar-refractivity contribution in [2.24, 2.45) is 0 Å². The lowest BCUT2D eigenvalue weighted by Crippen LogP contribution is -1.93. The van der Waals surface area contributed by atoms with Crippen LogP contribution in [0.3, 0.4) is 0 Å². The zero-order valence-electron chi connectivity index (χ0n) is 12.2. The maximum absolute atomic E-state index is 9.69. The molecule has 0 bridgehead atoms. The summed E-state index contributed by atoms with van der Waals surface area (Å²) in [7, 11) is 3.28. The highest BCUT2D eigenvalue weighted by molar-refractivity contribution is 9.10. The zero-order chi connectivity index (χ0) is 15.7. The molecule has 0 unspecified atom stereocenters. The monoisotopic (exact) mass is 362 g/mol. The highest BCUT2D eigenvalue weighted by atomic mass is 79.9. The molecular formula is C17H15BrO4. The first kappa shape index (κ1) is 14.9. The third-order valence-corrected chi connectivity index (χ3v) is 4.02. The van der Waals surface area contributed by atoms with Crippen molar-refractivity contribution in [1.29, 1.82) is 0 Å². The van der Waals surface area contributed by atoms with Gasteiger partial charge < -0.3 is 19.0 Å². The topological polar surface area (TPSA) is 51.8 Å². The molecule has 0 spiro atoms.